The van der Waals surface area contributed by atoms with Gasteiger partial charge in [0.1, 0.15) is 6.54 Å². The Morgan fingerprint density at radius 3 is 2.74 bits per heavy atom. The number of carboxylic acid groups (broad SMARTS) is 1. The maximum atomic E-state index is 11.8. The maximum Gasteiger partial charge on any atom is 0.322 e. The van der Waals surface area contributed by atoms with Crippen molar-refractivity contribution in [3.05, 3.63) is 35.4 Å². The molecule has 1 rings (SSSR count). The van der Waals surface area contributed by atoms with Crippen LogP contribution in [0.15, 0.2) is 24.3 Å². The zero-order chi connectivity index (χ0) is 14.1. The summed E-state index contributed by atoms with van der Waals surface area (Å²) in [7, 11) is 1.84. The van der Waals surface area contributed by atoms with Crippen molar-refractivity contribution in [3.63, 3.8) is 0 Å². The van der Waals surface area contributed by atoms with E-state index in [-0.39, 0.29) is 0 Å². The van der Waals surface area contributed by atoms with Crippen molar-refractivity contribution in [2.75, 3.05) is 20.1 Å². The highest BCUT2D eigenvalue weighted by Gasteiger charge is 2.10. The fourth-order valence-corrected chi connectivity index (χ4v) is 1.39. The number of rotatable bonds is 5. The summed E-state index contributed by atoms with van der Waals surface area (Å²) in [6.07, 6.45) is 0.682. The van der Waals surface area contributed by atoms with E-state index in [0.717, 1.165) is 6.54 Å². The molecule has 0 aliphatic rings. The summed E-state index contributed by atoms with van der Waals surface area (Å²) in [5.41, 5.74) is 0.988. The molecular weight excluding hydrogens is 244 g/mol. The van der Waals surface area contributed by atoms with Crippen molar-refractivity contribution in [1.29, 1.82) is 0 Å². The molecule has 100 valence electrons. The molecule has 0 saturated heterocycles. The van der Waals surface area contributed by atoms with Gasteiger partial charge in [0.05, 0.1) is 5.56 Å². The van der Waals surface area contributed by atoms with Gasteiger partial charge in [0.2, 0.25) is 0 Å². The van der Waals surface area contributed by atoms with Gasteiger partial charge in [-0.3, -0.25) is 9.59 Å². The number of benzene rings is 1. The Morgan fingerprint density at radius 2 is 2.05 bits per heavy atom. The van der Waals surface area contributed by atoms with E-state index < -0.39 is 18.4 Å². The van der Waals surface area contributed by atoms with E-state index in [1.807, 2.05) is 7.05 Å². The fraction of sp³-hybridized carbons (Fsp3) is 0.286. The van der Waals surface area contributed by atoms with E-state index >= 15 is 0 Å². The maximum absolute atomic E-state index is 11.8. The van der Waals surface area contributed by atoms with Crippen LogP contribution in [0.2, 0.25) is 0 Å². The normalized spacial score (nSPS) is 9.32. The number of aliphatic carboxylic acids is 1. The van der Waals surface area contributed by atoms with Gasteiger partial charge in [-0.1, -0.05) is 24.0 Å². The van der Waals surface area contributed by atoms with Crippen molar-refractivity contribution >= 4 is 11.9 Å². The molecule has 0 bridgehead atoms. The minimum Gasteiger partial charge on any atom is -0.480 e. The second-order valence-electron chi connectivity index (χ2n) is 3.78. The molecule has 0 atom stereocenters. The molecule has 0 heterocycles. The molecule has 1 amide bonds. The molecule has 19 heavy (non-hydrogen) atoms. The van der Waals surface area contributed by atoms with Crippen LogP contribution in [0.5, 0.6) is 0 Å². The summed E-state index contributed by atoms with van der Waals surface area (Å²) >= 11 is 0. The average molecular weight is 260 g/mol. The molecule has 3 N–H and O–H groups in total. The second-order valence-corrected chi connectivity index (χ2v) is 3.78. The number of hydrogen-bond donors (Lipinski definition) is 3. The van der Waals surface area contributed by atoms with Crippen molar-refractivity contribution in [2.45, 2.75) is 6.42 Å². The van der Waals surface area contributed by atoms with Gasteiger partial charge in [-0.2, -0.15) is 0 Å². The van der Waals surface area contributed by atoms with Gasteiger partial charge in [-0.15, -0.1) is 0 Å². The zero-order valence-electron chi connectivity index (χ0n) is 10.7. The molecule has 0 aromatic heterocycles. The third kappa shape index (κ3) is 5.23. The Balaban J connectivity index is 2.79. The van der Waals surface area contributed by atoms with E-state index in [1.54, 1.807) is 24.3 Å². The van der Waals surface area contributed by atoms with E-state index in [1.165, 1.54) is 0 Å². The van der Waals surface area contributed by atoms with Crippen LogP contribution in [0.1, 0.15) is 22.3 Å². The summed E-state index contributed by atoms with van der Waals surface area (Å²) in [4.78, 5) is 22.2. The molecule has 0 saturated carbocycles. The first kappa shape index (κ1) is 14.7. The molecule has 0 spiro atoms. The third-order valence-corrected chi connectivity index (χ3v) is 2.29. The van der Waals surface area contributed by atoms with Gasteiger partial charge in [-0.25, -0.2) is 0 Å². The molecule has 1 aromatic carbocycles. The summed E-state index contributed by atoms with van der Waals surface area (Å²) in [6.45, 7) is 0.376. The lowest BCUT2D eigenvalue weighted by Crippen LogP contribution is -2.29. The van der Waals surface area contributed by atoms with Crippen LogP contribution >= 0.6 is 0 Å². The van der Waals surface area contributed by atoms with Crippen molar-refractivity contribution in [1.82, 2.24) is 10.6 Å². The standard InChI is InChI=1S/C14H16N2O3/c1-15-9-5-4-7-11-6-2-3-8-12(11)14(19)16-10-13(17)18/h2-3,6,8,15H,5,9-10H2,1H3,(H,16,19)(H,17,18). The SMILES string of the molecule is CNCCC#Cc1ccccc1C(=O)NCC(=O)O. The predicted octanol–water partition coefficient (Wildman–Crippen LogP) is 0.462. The van der Waals surface area contributed by atoms with Crippen LogP contribution < -0.4 is 10.6 Å². The second kappa shape index (κ2) is 7.90. The molecule has 5 heteroatoms. The Bertz CT molecular complexity index is 515. The smallest absolute Gasteiger partial charge is 0.322 e. The van der Waals surface area contributed by atoms with E-state index in [0.29, 0.717) is 17.5 Å². The molecule has 5 nitrogen and oxygen atoms in total. The summed E-state index contributed by atoms with van der Waals surface area (Å²) in [6, 6.07) is 6.87. The highest BCUT2D eigenvalue weighted by molar-refractivity contribution is 5.98. The molecular formula is C14H16N2O3. The Labute approximate surface area is 112 Å². The van der Waals surface area contributed by atoms with Crippen LogP contribution in [0.4, 0.5) is 0 Å². The first-order valence-corrected chi connectivity index (χ1v) is 5.87. The Kier molecular flexibility index (Phi) is 6.13. The van der Waals surface area contributed by atoms with Gasteiger partial charge in [0, 0.05) is 18.5 Å². The predicted molar refractivity (Wildman–Crippen MR) is 71.8 cm³/mol. The van der Waals surface area contributed by atoms with E-state index in [2.05, 4.69) is 22.5 Å². The van der Waals surface area contributed by atoms with Crippen molar-refractivity contribution < 1.29 is 14.7 Å². The minimum absolute atomic E-state index is 0.390. The van der Waals surface area contributed by atoms with Crippen LogP contribution in [0.3, 0.4) is 0 Å². The fourth-order valence-electron chi connectivity index (χ4n) is 1.39. The third-order valence-electron chi connectivity index (χ3n) is 2.29. The van der Waals surface area contributed by atoms with Gasteiger partial charge in [0.15, 0.2) is 0 Å². The molecule has 0 unspecified atom stereocenters. The van der Waals surface area contributed by atoms with Gasteiger partial charge in [-0.05, 0) is 19.2 Å². The van der Waals surface area contributed by atoms with E-state index in [9.17, 15) is 9.59 Å². The lowest BCUT2D eigenvalue weighted by molar-refractivity contribution is -0.135. The highest BCUT2D eigenvalue weighted by Crippen LogP contribution is 2.07. The Morgan fingerprint density at radius 1 is 1.32 bits per heavy atom. The van der Waals surface area contributed by atoms with Crippen molar-refractivity contribution in [3.8, 4) is 11.8 Å². The first-order chi connectivity index (χ1) is 9.15. The average Bonchev–Trinajstić information content (AvgIpc) is 2.41. The monoisotopic (exact) mass is 260 g/mol. The zero-order valence-corrected chi connectivity index (χ0v) is 10.7. The number of hydrogen-bond acceptors (Lipinski definition) is 3. The number of carbonyl (C=O) groups excluding carboxylic acids is 1. The van der Waals surface area contributed by atoms with Crippen LogP contribution in [0, 0.1) is 11.8 Å². The topological polar surface area (TPSA) is 78.4 Å². The quantitative estimate of drug-likeness (QED) is 0.531. The number of carboxylic acids is 1. The molecule has 0 aliphatic heterocycles. The number of nitrogens with one attached hydrogen (secondary N) is 2. The molecule has 1 aromatic rings. The molecule has 0 radical (unpaired) electrons. The summed E-state index contributed by atoms with van der Waals surface area (Å²) in [5, 5.41) is 13.8. The van der Waals surface area contributed by atoms with Gasteiger partial charge in [0.25, 0.3) is 5.91 Å². The summed E-state index contributed by atoms with van der Waals surface area (Å²) in [5.74, 6) is 4.36. The van der Waals surface area contributed by atoms with Crippen molar-refractivity contribution in [2.24, 2.45) is 0 Å². The summed E-state index contributed by atoms with van der Waals surface area (Å²) < 4.78 is 0. The minimum atomic E-state index is -1.08. The highest BCUT2D eigenvalue weighted by atomic mass is 16.4. The lowest BCUT2D eigenvalue weighted by atomic mass is 10.1. The first-order valence-electron chi connectivity index (χ1n) is 5.87. The van der Waals surface area contributed by atoms with Crippen LogP contribution in [-0.4, -0.2) is 37.1 Å². The number of carbonyl (C=O) groups is 2. The molecule has 0 fully saturated rings. The Hall–Kier alpha value is -2.32. The largest absolute Gasteiger partial charge is 0.480 e. The van der Waals surface area contributed by atoms with E-state index in [4.69, 9.17) is 5.11 Å². The lowest BCUT2D eigenvalue weighted by Gasteiger charge is -2.04. The number of amides is 1. The van der Waals surface area contributed by atoms with Crippen LogP contribution in [-0.2, 0) is 4.79 Å². The van der Waals surface area contributed by atoms with Crippen LogP contribution in [0.25, 0.3) is 0 Å². The molecule has 0 aliphatic carbocycles. The van der Waals surface area contributed by atoms with Gasteiger partial charge < -0.3 is 15.7 Å². The van der Waals surface area contributed by atoms with Gasteiger partial charge >= 0.3 is 5.97 Å².